The van der Waals surface area contributed by atoms with Crippen LogP contribution in [0.2, 0.25) is 0 Å². The van der Waals surface area contributed by atoms with Crippen LogP contribution in [0.5, 0.6) is 0 Å². The summed E-state index contributed by atoms with van der Waals surface area (Å²) in [5.41, 5.74) is 5.50. The number of nitrogens with zero attached hydrogens (tertiary/aromatic N) is 2. The Morgan fingerprint density at radius 2 is 1.53 bits per heavy atom. The molecule has 0 aliphatic heterocycles. The van der Waals surface area contributed by atoms with Crippen LogP contribution in [0.15, 0.2) is 73.1 Å². The number of hydrogen-bond donors (Lipinski definition) is 4. The summed E-state index contributed by atoms with van der Waals surface area (Å²) in [6.07, 6.45) is 3.59. The average Bonchev–Trinajstić information content (AvgIpc) is 2.92. The zero-order valence-electron chi connectivity index (χ0n) is 20.0. The summed E-state index contributed by atoms with van der Waals surface area (Å²) >= 11 is 0. The summed E-state index contributed by atoms with van der Waals surface area (Å²) in [6, 6.07) is 16.9. The van der Waals surface area contributed by atoms with Crippen molar-refractivity contribution in [3.8, 4) is 11.8 Å². The van der Waals surface area contributed by atoms with Crippen molar-refractivity contribution in [2.45, 2.75) is 19.1 Å². The SMILES string of the molecule is CNC(=O)C(C(=O)NO)N(C)C(=O)c1ccc(C#Cc2ccc(CNCc3cccnc3)cc2)cc1. The number of likely N-dealkylation sites (N-methyl/N-ethyl adjacent to an activating group) is 2. The molecule has 0 saturated heterocycles. The first-order chi connectivity index (χ1) is 17.4. The van der Waals surface area contributed by atoms with E-state index in [1.54, 1.807) is 30.5 Å². The summed E-state index contributed by atoms with van der Waals surface area (Å²) in [7, 11) is 2.64. The fourth-order valence-corrected chi connectivity index (χ4v) is 3.39. The minimum absolute atomic E-state index is 0.269. The molecule has 3 amide bonds. The number of hydrogen-bond acceptors (Lipinski definition) is 6. The molecule has 4 N–H and O–H groups in total. The lowest BCUT2D eigenvalue weighted by molar-refractivity contribution is -0.140. The molecule has 9 heteroatoms. The molecule has 184 valence electrons. The van der Waals surface area contributed by atoms with Crippen molar-refractivity contribution >= 4 is 17.7 Å². The highest BCUT2D eigenvalue weighted by Crippen LogP contribution is 2.10. The first-order valence-electron chi connectivity index (χ1n) is 11.2. The number of carbonyl (C=O) groups is 3. The Morgan fingerprint density at radius 1 is 0.917 bits per heavy atom. The highest BCUT2D eigenvalue weighted by molar-refractivity contribution is 6.08. The van der Waals surface area contributed by atoms with Gasteiger partial charge in [0.25, 0.3) is 17.7 Å². The fraction of sp³-hybridized carbons (Fsp3) is 0.185. The van der Waals surface area contributed by atoms with Gasteiger partial charge in [0.1, 0.15) is 0 Å². The second-order valence-corrected chi connectivity index (χ2v) is 7.90. The first kappa shape index (κ1) is 26.1. The number of nitrogens with one attached hydrogen (secondary N) is 3. The Kier molecular flexibility index (Phi) is 9.28. The zero-order valence-corrected chi connectivity index (χ0v) is 20.0. The van der Waals surface area contributed by atoms with Crippen LogP contribution in [-0.2, 0) is 22.7 Å². The number of aromatic nitrogens is 1. The molecule has 0 radical (unpaired) electrons. The van der Waals surface area contributed by atoms with Gasteiger partial charge in [-0.2, -0.15) is 0 Å². The Balaban J connectivity index is 1.59. The van der Waals surface area contributed by atoms with E-state index < -0.39 is 23.8 Å². The van der Waals surface area contributed by atoms with Gasteiger partial charge in [0.15, 0.2) is 6.04 Å². The molecular formula is C27H27N5O4. The molecule has 0 aliphatic rings. The second-order valence-electron chi connectivity index (χ2n) is 7.90. The molecule has 1 heterocycles. The Morgan fingerprint density at radius 3 is 2.08 bits per heavy atom. The molecule has 0 aliphatic carbocycles. The maximum atomic E-state index is 12.7. The first-order valence-corrected chi connectivity index (χ1v) is 11.2. The van der Waals surface area contributed by atoms with Crippen molar-refractivity contribution in [2.24, 2.45) is 0 Å². The van der Waals surface area contributed by atoms with Crippen LogP contribution in [0.1, 0.15) is 32.6 Å². The highest BCUT2D eigenvalue weighted by Gasteiger charge is 2.33. The zero-order chi connectivity index (χ0) is 25.9. The number of carbonyl (C=O) groups excluding carboxylic acids is 3. The molecule has 36 heavy (non-hydrogen) atoms. The lowest BCUT2D eigenvalue weighted by atomic mass is 10.1. The third-order valence-corrected chi connectivity index (χ3v) is 5.38. The van der Waals surface area contributed by atoms with Gasteiger partial charge in [0.05, 0.1) is 0 Å². The van der Waals surface area contributed by atoms with Crippen LogP contribution in [0.25, 0.3) is 0 Å². The van der Waals surface area contributed by atoms with Crippen molar-refractivity contribution in [3.05, 3.63) is 101 Å². The van der Waals surface area contributed by atoms with E-state index in [0.717, 1.165) is 34.7 Å². The molecule has 3 rings (SSSR count). The maximum absolute atomic E-state index is 12.7. The van der Waals surface area contributed by atoms with E-state index in [1.165, 1.54) is 19.6 Å². The third-order valence-electron chi connectivity index (χ3n) is 5.38. The van der Waals surface area contributed by atoms with E-state index in [2.05, 4.69) is 27.5 Å². The smallest absolute Gasteiger partial charge is 0.275 e. The summed E-state index contributed by atoms with van der Waals surface area (Å²) in [6.45, 7) is 1.47. The van der Waals surface area contributed by atoms with Gasteiger partial charge in [0.2, 0.25) is 0 Å². The van der Waals surface area contributed by atoms with Crippen LogP contribution in [0.4, 0.5) is 0 Å². The van der Waals surface area contributed by atoms with Crippen LogP contribution in [0.3, 0.4) is 0 Å². The van der Waals surface area contributed by atoms with Crippen LogP contribution < -0.4 is 16.1 Å². The summed E-state index contributed by atoms with van der Waals surface area (Å²) < 4.78 is 0. The van der Waals surface area contributed by atoms with Crippen molar-refractivity contribution in [1.82, 2.24) is 26.0 Å². The lowest BCUT2D eigenvalue weighted by Crippen LogP contribution is -2.54. The van der Waals surface area contributed by atoms with Crippen molar-refractivity contribution in [3.63, 3.8) is 0 Å². The quantitative estimate of drug-likeness (QED) is 0.166. The maximum Gasteiger partial charge on any atom is 0.275 e. The molecule has 0 fully saturated rings. The lowest BCUT2D eigenvalue weighted by Gasteiger charge is -2.25. The Bertz CT molecular complexity index is 1230. The molecule has 3 aromatic rings. The highest BCUT2D eigenvalue weighted by atomic mass is 16.5. The van der Waals surface area contributed by atoms with Gasteiger partial charge in [-0.05, 0) is 53.6 Å². The molecule has 1 unspecified atom stereocenters. The minimum atomic E-state index is -1.51. The standard InChI is InChI=1S/C27H27N5O4/c1-28-25(33)24(26(34)31-36)32(2)27(35)23-13-11-20(12-14-23)6-5-19-7-9-21(10-8-19)16-30-18-22-4-3-15-29-17-22/h3-4,7-15,17,24,30,36H,16,18H2,1-2H3,(H,28,33)(H,31,34). The molecule has 2 aromatic carbocycles. The minimum Gasteiger partial charge on any atom is -0.357 e. The summed E-state index contributed by atoms with van der Waals surface area (Å²) in [5, 5.41) is 14.6. The number of rotatable bonds is 8. The predicted octanol–water partition coefficient (Wildman–Crippen LogP) is 1.46. The Hall–Kier alpha value is -4.52. The fourth-order valence-electron chi connectivity index (χ4n) is 3.39. The van der Waals surface area contributed by atoms with Crippen LogP contribution >= 0.6 is 0 Å². The molecular weight excluding hydrogens is 458 g/mol. The van der Waals surface area contributed by atoms with Gasteiger partial charge in [-0.15, -0.1) is 0 Å². The largest absolute Gasteiger partial charge is 0.357 e. The summed E-state index contributed by atoms with van der Waals surface area (Å²) in [4.78, 5) is 41.7. The Labute approximate surface area is 209 Å². The number of hydroxylamine groups is 1. The van der Waals surface area contributed by atoms with E-state index in [-0.39, 0.29) is 5.56 Å². The molecule has 0 spiro atoms. The van der Waals surface area contributed by atoms with Crippen molar-refractivity contribution < 1.29 is 19.6 Å². The third kappa shape index (κ3) is 6.99. The van der Waals surface area contributed by atoms with E-state index in [9.17, 15) is 14.4 Å². The van der Waals surface area contributed by atoms with E-state index in [1.807, 2.05) is 42.6 Å². The number of benzene rings is 2. The van der Waals surface area contributed by atoms with E-state index in [4.69, 9.17) is 5.21 Å². The van der Waals surface area contributed by atoms with Gasteiger partial charge >= 0.3 is 0 Å². The number of pyridine rings is 1. The molecule has 1 aromatic heterocycles. The molecule has 1 atom stereocenters. The van der Waals surface area contributed by atoms with Crippen LogP contribution in [-0.4, -0.2) is 52.9 Å². The molecule has 0 bridgehead atoms. The normalized spacial score (nSPS) is 11.0. The predicted molar refractivity (Wildman–Crippen MR) is 134 cm³/mol. The monoisotopic (exact) mass is 485 g/mol. The van der Waals surface area contributed by atoms with Gasteiger partial charge in [-0.1, -0.05) is 30.0 Å². The van der Waals surface area contributed by atoms with Crippen LogP contribution in [0, 0.1) is 11.8 Å². The van der Waals surface area contributed by atoms with Gasteiger partial charge in [-0.25, -0.2) is 5.48 Å². The van der Waals surface area contributed by atoms with Gasteiger partial charge in [-0.3, -0.25) is 24.6 Å². The van der Waals surface area contributed by atoms with E-state index in [0.29, 0.717) is 5.56 Å². The summed E-state index contributed by atoms with van der Waals surface area (Å²) in [5.74, 6) is 3.86. The topological polar surface area (TPSA) is 124 Å². The van der Waals surface area contributed by atoms with Gasteiger partial charge < -0.3 is 15.5 Å². The van der Waals surface area contributed by atoms with Gasteiger partial charge in [0, 0.05) is 56.3 Å². The van der Waals surface area contributed by atoms with Crippen molar-refractivity contribution in [2.75, 3.05) is 14.1 Å². The number of amides is 3. The molecule has 9 nitrogen and oxygen atoms in total. The molecule has 0 saturated carbocycles. The second kappa shape index (κ2) is 12.8. The average molecular weight is 486 g/mol. The van der Waals surface area contributed by atoms with Crippen molar-refractivity contribution in [1.29, 1.82) is 0 Å². The van der Waals surface area contributed by atoms with E-state index >= 15 is 0 Å².